The van der Waals surface area contributed by atoms with Gasteiger partial charge in [-0.2, -0.15) is 0 Å². The molecule has 0 radical (unpaired) electrons. The molecule has 0 fully saturated rings. The molecule has 2 heterocycles. The van der Waals surface area contributed by atoms with Crippen molar-refractivity contribution in [2.24, 2.45) is 0 Å². The number of nitrogens with one attached hydrogen (secondary N) is 1. The van der Waals surface area contributed by atoms with Crippen LogP contribution in [-0.4, -0.2) is 16.6 Å². The second kappa shape index (κ2) is 4.48. The molecule has 1 aliphatic heterocycles. The normalized spacial score (nSPS) is 17.8. The number of ketones is 2. The summed E-state index contributed by atoms with van der Waals surface area (Å²) in [4.78, 5) is 28.2. The predicted octanol–water partition coefficient (Wildman–Crippen LogP) is 2.65. The Balaban J connectivity index is 2.07. The van der Waals surface area contributed by atoms with Gasteiger partial charge in [0, 0.05) is 11.2 Å². The molecule has 0 bridgehead atoms. The van der Waals surface area contributed by atoms with Gasteiger partial charge in [-0.15, -0.1) is 0 Å². The van der Waals surface area contributed by atoms with Crippen molar-refractivity contribution in [2.75, 3.05) is 5.32 Å². The van der Waals surface area contributed by atoms with Crippen molar-refractivity contribution in [2.45, 2.75) is 6.04 Å². The first-order chi connectivity index (χ1) is 9.16. The lowest BCUT2D eigenvalue weighted by molar-refractivity contribution is -0.116. The summed E-state index contributed by atoms with van der Waals surface area (Å²) in [7, 11) is 0. The molecule has 1 aromatic heterocycles. The van der Waals surface area contributed by atoms with Gasteiger partial charge in [0.2, 0.25) is 11.6 Å². The summed E-state index contributed by atoms with van der Waals surface area (Å²) in [6.07, 6.45) is 1.57. The van der Waals surface area contributed by atoms with E-state index in [2.05, 4.69) is 10.3 Å². The van der Waals surface area contributed by atoms with Crippen molar-refractivity contribution in [3.05, 3.63) is 58.7 Å². The Hall–Kier alpha value is -2.20. The highest BCUT2D eigenvalue weighted by Crippen LogP contribution is 2.29. The molecule has 1 unspecified atom stereocenters. The number of benzene rings is 1. The summed E-state index contributed by atoms with van der Waals surface area (Å²) in [5.74, 6) is -0.591. The number of halogens is 1. The zero-order chi connectivity index (χ0) is 13.4. The highest BCUT2D eigenvalue weighted by molar-refractivity contribution is 6.48. The van der Waals surface area contributed by atoms with Crippen LogP contribution in [0.5, 0.6) is 0 Å². The van der Waals surface area contributed by atoms with E-state index in [-0.39, 0.29) is 0 Å². The number of carbonyl (C=O) groups excluding carboxylic acids is 2. The van der Waals surface area contributed by atoms with Gasteiger partial charge < -0.3 is 5.32 Å². The first-order valence-electron chi connectivity index (χ1n) is 5.72. The van der Waals surface area contributed by atoms with Crippen LogP contribution in [0, 0.1) is 0 Å². The van der Waals surface area contributed by atoms with Crippen molar-refractivity contribution in [1.29, 1.82) is 0 Å². The average molecular weight is 273 g/mol. The zero-order valence-electron chi connectivity index (χ0n) is 9.76. The minimum Gasteiger partial charge on any atom is -0.355 e. The Kier molecular flexibility index (Phi) is 2.80. The predicted molar refractivity (Wildman–Crippen MR) is 71.4 cm³/mol. The first-order valence-corrected chi connectivity index (χ1v) is 6.10. The number of hydrogen-bond donors (Lipinski definition) is 1. The van der Waals surface area contributed by atoms with Crippen molar-refractivity contribution >= 4 is 29.0 Å². The van der Waals surface area contributed by atoms with E-state index in [0.717, 1.165) is 0 Å². The van der Waals surface area contributed by atoms with Crippen LogP contribution in [0.2, 0.25) is 5.02 Å². The molecule has 5 heteroatoms. The van der Waals surface area contributed by atoms with Crippen LogP contribution in [-0.2, 0) is 4.79 Å². The maximum absolute atomic E-state index is 12.1. The van der Waals surface area contributed by atoms with Gasteiger partial charge in [0.25, 0.3) is 0 Å². The van der Waals surface area contributed by atoms with Gasteiger partial charge in [-0.25, -0.2) is 4.98 Å². The second-order valence-corrected chi connectivity index (χ2v) is 4.66. The first kappa shape index (κ1) is 11.9. The molecule has 1 N–H and O–H groups in total. The Morgan fingerprint density at radius 3 is 2.79 bits per heavy atom. The summed E-state index contributed by atoms with van der Waals surface area (Å²) < 4.78 is 0. The highest BCUT2D eigenvalue weighted by Gasteiger charge is 2.34. The van der Waals surface area contributed by atoms with Gasteiger partial charge in [-0.3, -0.25) is 9.59 Å². The Labute approximate surface area is 114 Å². The van der Waals surface area contributed by atoms with Gasteiger partial charge in [-0.1, -0.05) is 23.7 Å². The summed E-state index contributed by atoms with van der Waals surface area (Å²) >= 11 is 5.91. The standard InChI is InChI=1S/C14H9ClN2O2/c15-9-4-1-3-8(7-9)11-13(19)12(18)10-5-2-6-16-14(10)17-11/h1-7,11H,(H,16,17). The van der Waals surface area contributed by atoms with E-state index < -0.39 is 17.6 Å². The summed E-state index contributed by atoms with van der Waals surface area (Å²) in [5.41, 5.74) is 0.966. The quantitative estimate of drug-likeness (QED) is 0.811. The SMILES string of the molecule is O=C1C(=O)C(c2cccc(Cl)c2)Nc2ncccc21. The fourth-order valence-corrected chi connectivity index (χ4v) is 2.29. The van der Waals surface area contributed by atoms with E-state index in [9.17, 15) is 9.59 Å². The molecule has 0 aliphatic carbocycles. The maximum atomic E-state index is 12.1. The molecule has 1 aliphatic rings. The van der Waals surface area contributed by atoms with E-state index in [1.54, 1.807) is 42.6 Å². The summed E-state index contributed by atoms with van der Waals surface area (Å²) in [6, 6.07) is 9.36. The molecule has 3 rings (SSSR count). The lowest BCUT2D eigenvalue weighted by Gasteiger charge is -2.24. The summed E-state index contributed by atoms with van der Waals surface area (Å²) in [5, 5.41) is 3.50. The summed E-state index contributed by atoms with van der Waals surface area (Å²) in [6.45, 7) is 0. The third kappa shape index (κ3) is 2.00. The van der Waals surface area contributed by atoms with E-state index in [1.807, 2.05) is 0 Å². The van der Waals surface area contributed by atoms with Crippen molar-refractivity contribution in [3.8, 4) is 0 Å². The zero-order valence-corrected chi connectivity index (χ0v) is 10.5. The number of anilines is 1. The van der Waals surface area contributed by atoms with E-state index in [1.165, 1.54) is 0 Å². The fraction of sp³-hybridized carbons (Fsp3) is 0.0714. The molecule has 94 valence electrons. The molecular formula is C14H9ClN2O2. The van der Waals surface area contributed by atoms with Crippen LogP contribution in [0.3, 0.4) is 0 Å². The number of pyridine rings is 1. The van der Waals surface area contributed by atoms with Crippen molar-refractivity contribution in [1.82, 2.24) is 4.98 Å². The van der Waals surface area contributed by atoms with Crippen LogP contribution in [0.15, 0.2) is 42.6 Å². The largest absolute Gasteiger partial charge is 0.355 e. The smallest absolute Gasteiger partial charge is 0.234 e. The number of hydrogen-bond acceptors (Lipinski definition) is 4. The number of fused-ring (bicyclic) bond motifs is 1. The highest BCUT2D eigenvalue weighted by atomic mass is 35.5. The van der Waals surface area contributed by atoms with Crippen LogP contribution in [0.1, 0.15) is 22.0 Å². The van der Waals surface area contributed by atoms with Gasteiger partial charge in [0.1, 0.15) is 11.9 Å². The number of aromatic nitrogens is 1. The Morgan fingerprint density at radius 2 is 2.00 bits per heavy atom. The topological polar surface area (TPSA) is 59.1 Å². The van der Waals surface area contributed by atoms with E-state index in [4.69, 9.17) is 11.6 Å². The van der Waals surface area contributed by atoms with E-state index in [0.29, 0.717) is 22.0 Å². The second-order valence-electron chi connectivity index (χ2n) is 4.23. The Bertz CT molecular complexity index is 685. The van der Waals surface area contributed by atoms with Gasteiger partial charge in [-0.05, 0) is 29.8 Å². The molecule has 0 spiro atoms. The van der Waals surface area contributed by atoms with Crippen LogP contribution < -0.4 is 5.32 Å². The number of Topliss-reactive ketones (excluding diaryl/α,β-unsaturated/α-hetero) is 2. The van der Waals surface area contributed by atoms with Crippen molar-refractivity contribution < 1.29 is 9.59 Å². The minimum absolute atomic E-state index is 0.311. The minimum atomic E-state index is -0.728. The van der Waals surface area contributed by atoms with Gasteiger partial charge in [0.15, 0.2) is 0 Å². The molecule has 19 heavy (non-hydrogen) atoms. The lowest BCUT2D eigenvalue weighted by Crippen LogP contribution is -2.34. The Morgan fingerprint density at radius 1 is 1.16 bits per heavy atom. The fourth-order valence-electron chi connectivity index (χ4n) is 2.09. The molecule has 0 amide bonds. The molecular weight excluding hydrogens is 264 g/mol. The third-order valence-corrected chi connectivity index (χ3v) is 3.24. The van der Waals surface area contributed by atoms with Crippen molar-refractivity contribution in [3.63, 3.8) is 0 Å². The van der Waals surface area contributed by atoms with E-state index >= 15 is 0 Å². The molecule has 1 aromatic carbocycles. The average Bonchev–Trinajstić information content (AvgIpc) is 2.43. The monoisotopic (exact) mass is 272 g/mol. The molecule has 2 aromatic rings. The third-order valence-electron chi connectivity index (χ3n) is 3.00. The molecule has 0 saturated carbocycles. The number of rotatable bonds is 1. The number of nitrogens with zero attached hydrogens (tertiary/aromatic N) is 1. The van der Waals surface area contributed by atoms with Crippen LogP contribution in [0.4, 0.5) is 5.82 Å². The van der Waals surface area contributed by atoms with Gasteiger partial charge >= 0.3 is 0 Å². The van der Waals surface area contributed by atoms with Gasteiger partial charge in [0.05, 0.1) is 5.56 Å². The maximum Gasteiger partial charge on any atom is 0.234 e. The van der Waals surface area contributed by atoms with Crippen LogP contribution in [0.25, 0.3) is 0 Å². The molecule has 0 saturated heterocycles. The number of carbonyl (C=O) groups is 2. The molecule has 1 atom stereocenters. The lowest BCUT2D eigenvalue weighted by atomic mass is 9.93. The van der Waals surface area contributed by atoms with Crippen LogP contribution >= 0.6 is 11.6 Å². The molecule has 4 nitrogen and oxygen atoms in total.